The molecule has 112 valence electrons. The molecule has 0 amide bonds. The van der Waals surface area contributed by atoms with Crippen LogP contribution in [0.3, 0.4) is 0 Å². The van der Waals surface area contributed by atoms with Crippen molar-refractivity contribution < 1.29 is 9.53 Å². The number of hydrogen-bond donors (Lipinski definition) is 0. The lowest BCUT2D eigenvalue weighted by Crippen LogP contribution is -2.06. The van der Waals surface area contributed by atoms with Gasteiger partial charge in [-0.05, 0) is 29.5 Å². The summed E-state index contributed by atoms with van der Waals surface area (Å²) in [7, 11) is 1.37. The van der Waals surface area contributed by atoms with Gasteiger partial charge in [-0.3, -0.25) is 0 Å². The first-order chi connectivity index (χ1) is 10.7. The van der Waals surface area contributed by atoms with Gasteiger partial charge in [-0.1, -0.05) is 31.2 Å². The largest absolute Gasteiger partial charge is 0.464 e. The predicted octanol–water partition coefficient (Wildman–Crippen LogP) is 3.95. The lowest BCUT2D eigenvalue weighted by atomic mass is 10.1. The maximum absolute atomic E-state index is 11.8. The van der Waals surface area contributed by atoms with Crippen molar-refractivity contribution in [2.24, 2.45) is 0 Å². The number of hydrogen-bond acceptors (Lipinski definition) is 4. The molecular weight excluding hydrogens is 296 g/mol. The van der Waals surface area contributed by atoms with Crippen LogP contribution in [-0.4, -0.2) is 22.9 Å². The molecule has 0 aliphatic carbocycles. The predicted molar refractivity (Wildman–Crippen MR) is 87.6 cm³/mol. The van der Waals surface area contributed by atoms with Crippen molar-refractivity contribution in [2.45, 2.75) is 13.3 Å². The maximum atomic E-state index is 11.8. The molecule has 5 heteroatoms. The highest BCUT2D eigenvalue weighted by Gasteiger charge is 2.18. The van der Waals surface area contributed by atoms with E-state index in [0.29, 0.717) is 5.69 Å². The van der Waals surface area contributed by atoms with Crippen molar-refractivity contribution in [3.05, 3.63) is 59.1 Å². The number of benzene rings is 1. The molecule has 22 heavy (non-hydrogen) atoms. The van der Waals surface area contributed by atoms with Crippen LogP contribution < -0.4 is 0 Å². The monoisotopic (exact) mass is 312 g/mol. The Morgan fingerprint density at radius 3 is 2.77 bits per heavy atom. The second-order valence-corrected chi connectivity index (χ2v) is 5.73. The number of para-hydroxylation sites is 1. The molecule has 4 nitrogen and oxygen atoms in total. The van der Waals surface area contributed by atoms with E-state index < -0.39 is 5.97 Å². The number of esters is 1. The van der Waals surface area contributed by atoms with E-state index in [0.717, 1.165) is 22.7 Å². The molecule has 0 unspecified atom stereocenters. The van der Waals surface area contributed by atoms with Crippen molar-refractivity contribution in [1.29, 1.82) is 0 Å². The first kappa shape index (κ1) is 14.5. The van der Waals surface area contributed by atoms with Gasteiger partial charge in [0.25, 0.3) is 0 Å². The van der Waals surface area contributed by atoms with E-state index in [2.05, 4.69) is 18.1 Å². The van der Waals surface area contributed by atoms with Crippen LogP contribution in [0.4, 0.5) is 0 Å². The molecule has 0 fully saturated rings. The Labute approximate surface area is 133 Å². The third-order valence-electron chi connectivity index (χ3n) is 3.48. The minimum absolute atomic E-state index is 0.316. The average molecular weight is 312 g/mol. The quantitative estimate of drug-likeness (QED) is 0.685. The summed E-state index contributed by atoms with van der Waals surface area (Å²) >= 11 is 1.62. The zero-order valence-corrected chi connectivity index (χ0v) is 13.3. The van der Waals surface area contributed by atoms with Crippen LogP contribution in [0.1, 0.15) is 23.0 Å². The second-order valence-electron chi connectivity index (χ2n) is 4.78. The van der Waals surface area contributed by atoms with Crippen LogP contribution in [0.25, 0.3) is 16.3 Å². The zero-order valence-electron chi connectivity index (χ0n) is 12.4. The molecule has 0 atom stereocenters. The third-order valence-corrected chi connectivity index (χ3v) is 4.37. The van der Waals surface area contributed by atoms with Gasteiger partial charge in [0.15, 0.2) is 5.69 Å². The van der Waals surface area contributed by atoms with Crippen molar-refractivity contribution in [3.8, 4) is 16.3 Å². The lowest BCUT2D eigenvalue weighted by Gasteiger charge is -2.10. The van der Waals surface area contributed by atoms with E-state index in [-0.39, 0.29) is 0 Å². The standard InChI is InChI=1S/C17H16N2O2S/c1-3-12-7-4-5-8-14(12)19-15(16-9-6-10-22-16)11-13(18-19)17(20)21-2/h4-11H,3H2,1-2H3. The number of carbonyl (C=O) groups is 1. The molecule has 1 aromatic carbocycles. The zero-order chi connectivity index (χ0) is 15.5. The van der Waals surface area contributed by atoms with Gasteiger partial charge in [0.1, 0.15) is 0 Å². The molecule has 0 bridgehead atoms. The fourth-order valence-corrected chi connectivity index (χ4v) is 3.11. The second kappa shape index (κ2) is 6.15. The molecule has 0 saturated carbocycles. The Bertz CT molecular complexity index is 791. The summed E-state index contributed by atoms with van der Waals surface area (Å²) in [6.07, 6.45) is 0.896. The summed E-state index contributed by atoms with van der Waals surface area (Å²) in [6.45, 7) is 2.11. The number of ether oxygens (including phenoxy) is 1. The molecule has 0 aliphatic rings. The highest BCUT2D eigenvalue weighted by atomic mass is 32.1. The summed E-state index contributed by atoms with van der Waals surface area (Å²) in [5.74, 6) is -0.425. The van der Waals surface area contributed by atoms with Crippen molar-refractivity contribution >= 4 is 17.3 Å². The fraction of sp³-hybridized carbons (Fsp3) is 0.176. The molecule has 0 radical (unpaired) electrons. The SMILES string of the molecule is CCc1ccccc1-n1nc(C(=O)OC)cc1-c1cccs1. The number of methoxy groups -OCH3 is 1. The topological polar surface area (TPSA) is 44.1 Å². The minimum atomic E-state index is -0.425. The van der Waals surface area contributed by atoms with Crippen LogP contribution in [0.15, 0.2) is 47.8 Å². The van der Waals surface area contributed by atoms with Gasteiger partial charge in [0, 0.05) is 6.07 Å². The molecule has 0 spiro atoms. The molecule has 2 aromatic heterocycles. The number of aryl methyl sites for hydroxylation is 1. The molecule has 0 saturated heterocycles. The highest BCUT2D eigenvalue weighted by Crippen LogP contribution is 2.29. The van der Waals surface area contributed by atoms with E-state index in [1.807, 2.05) is 40.4 Å². The van der Waals surface area contributed by atoms with Gasteiger partial charge in [-0.15, -0.1) is 11.3 Å². The maximum Gasteiger partial charge on any atom is 0.358 e. The van der Waals surface area contributed by atoms with E-state index >= 15 is 0 Å². The van der Waals surface area contributed by atoms with Crippen LogP contribution in [-0.2, 0) is 11.2 Å². The molecular formula is C17H16N2O2S. The molecule has 0 N–H and O–H groups in total. The first-order valence-corrected chi connectivity index (χ1v) is 7.93. The normalized spacial score (nSPS) is 10.6. The Morgan fingerprint density at radius 1 is 1.27 bits per heavy atom. The van der Waals surface area contributed by atoms with Gasteiger partial charge in [-0.25, -0.2) is 9.48 Å². The van der Waals surface area contributed by atoms with Gasteiger partial charge in [-0.2, -0.15) is 5.10 Å². The smallest absolute Gasteiger partial charge is 0.358 e. The van der Waals surface area contributed by atoms with Crippen LogP contribution in [0.2, 0.25) is 0 Å². The molecule has 3 aromatic rings. The highest BCUT2D eigenvalue weighted by molar-refractivity contribution is 7.13. The van der Waals surface area contributed by atoms with E-state index in [4.69, 9.17) is 4.74 Å². The number of aromatic nitrogens is 2. The van der Waals surface area contributed by atoms with Crippen LogP contribution in [0, 0.1) is 0 Å². The van der Waals surface area contributed by atoms with E-state index in [9.17, 15) is 4.79 Å². The Kier molecular flexibility index (Phi) is 4.06. The van der Waals surface area contributed by atoms with Crippen molar-refractivity contribution in [1.82, 2.24) is 9.78 Å². The summed E-state index contributed by atoms with van der Waals surface area (Å²) in [4.78, 5) is 12.9. The molecule has 0 aliphatic heterocycles. The summed E-state index contributed by atoms with van der Waals surface area (Å²) < 4.78 is 6.63. The molecule has 3 rings (SSSR count). The average Bonchev–Trinajstić information content (AvgIpc) is 3.23. The minimum Gasteiger partial charge on any atom is -0.464 e. The first-order valence-electron chi connectivity index (χ1n) is 7.05. The van der Waals surface area contributed by atoms with Gasteiger partial charge >= 0.3 is 5.97 Å². The van der Waals surface area contributed by atoms with Gasteiger partial charge < -0.3 is 4.74 Å². The van der Waals surface area contributed by atoms with Crippen molar-refractivity contribution in [2.75, 3.05) is 7.11 Å². The fourth-order valence-electron chi connectivity index (χ4n) is 2.39. The van der Waals surface area contributed by atoms with Gasteiger partial charge in [0.05, 0.1) is 23.4 Å². The van der Waals surface area contributed by atoms with E-state index in [1.54, 1.807) is 17.4 Å². The summed E-state index contributed by atoms with van der Waals surface area (Å²) in [5, 5.41) is 6.47. The summed E-state index contributed by atoms with van der Waals surface area (Å²) in [5.41, 5.74) is 3.39. The number of carbonyl (C=O) groups excluding carboxylic acids is 1. The number of thiophene rings is 1. The summed E-state index contributed by atoms with van der Waals surface area (Å²) in [6, 6.07) is 13.9. The lowest BCUT2D eigenvalue weighted by molar-refractivity contribution is 0.0593. The van der Waals surface area contributed by atoms with E-state index in [1.165, 1.54) is 12.7 Å². The third kappa shape index (κ3) is 2.55. The van der Waals surface area contributed by atoms with Crippen molar-refractivity contribution in [3.63, 3.8) is 0 Å². The van der Waals surface area contributed by atoms with Crippen LogP contribution >= 0.6 is 11.3 Å². The molecule has 2 heterocycles. The Balaban J connectivity index is 2.21. The van der Waals surface area contributed by atoms with Crippen LogP contribution in [0.5, 0.6) is 0 Å². The number of nitrogens with zero attached hydrogens (tertiary/aromatic N) is 2. The number of rotatable bonds is 4. The Morgan fingerprint density at radius 2 is 2.09 bits per heavy atom. The Hall–Kier alpha value is -2.40. The van der Waals surface area contributed by atoms with Gasteiger partial charge in [0.2, 0.25) is 0 Å².